The van der Waals surface area contributed by atoms with Crippen LogP contribution in [0.4, 0.5) is 5.95 Å². The van der Waals surface area contributed by atoms with Crippen molar-refractivity contribution < 1.29 is 0 Å². The molecular weight excluding hydrogens is 238 g/mol. The summed E-state index contributed by atoms with van der Waals surface area (Å²) in [6.45, 7) is 10.3. The number of nitrogens with zero attached hydrogens (tertiary/aromatic N) is 4. The van der Waals surface area contributed by atoms with Gasteiger partial charge in [0.2, 0.25) is 5.95 Å². The second-order valence-electron chi connectivity index (χ2n) is 5.42. The van der Waals surface area contributed by atoms with Crippen molar-refractivity contribution in [3.8, 4) is 0 Å². The summed E-state index contributed by atoms with van der Waals surface area (Å²) in [7, 11) is 1.98. The number of aryl methyl sites for hydroxylation is 2. The van der Waals surface area contributed by atoms with Crippen molar-refractivity contribution in [1.82, 2.24) is 19.3 Å². The molecule has 0 aliphatic rings. The second-order valence-corrected chi connectivity index (χ2v) is 5.42. The Labute approximate surface area is 114 Å². The first-order valence-corrected chi connectivity index (χ1v) is 6.73. The molecule has 5 heteroatoms. The van der Waals surface area contributed by atoms with E-state index in [9.17, 15) is 0 Å². The fourth-order valence-corrected chi connectivity index (χ4v) is 2.26. The van der Waals surface area contributed by atoms with Gasteiger partial charge in [0.15, 0.2) is 0 Å². The van der Waals surface area contributed by atoms with E-state index in [1.807, 2.05) is 31.0 Å². The Kier molecular flexibility index (Phi) is 3.93. The first kappa shape index (κ1) is 13.6. The molecule has 1 N–H and O–H groups in total. The van der Waals surface area contributed by atoms with Crippen LogP contribution in [0.1, 0.15) is 30.8 Å². The van der Waals surface area contributed by atoms with Crippen LogP contribution < -0.4 is 5.32 Å². The fourth-order valence-electron chi connectivity index (χ4n) is 2.26. The Hall–Kier alpha value is -1.78. The molecule has 2 rings (SSSR count). The van der Waals surface area contributed by atoms with Gasteiger partial charge in [-0.25, -0.2) is 4.98 Å². The van der Waals surface area contributed by atoms with Gasteiger partial charge in [0.1, 0.15) is 0 Å². The van der Waals surface area contributed by atoms with Gasteiger partial charge in [-0.2, -0.15) is 5.10 Å². The zero-order chi connectivity index (χ0) is 14.0. The monoisotopic (exact) mass is 261 g/mol. The van der Waals surface area contributed by atoms with Gasteiger partial charge < -0.3 is 9.88 Å². The summed E-state index contributed by atoms with van der Waals surface area (Å²) in [6, 6.07) is 0. The Morgan fingerprint density at radius 3 is 2.63 bits per heavy atom. The molecule has 2 aromatic rings. The van der Waals surface area contributed by atoms with Crippen molar-refractivity contribution in [1.29, 1.82) is 0 Å². The quantitative estimate of drug-likeness (QED) is 0.899. The molecule has 0 unspecified atom stereocenters. The standard InChI is InChI=1S/C14H23N5/c1-10(2)9-19-7-6-15-14(19)16-8-13-11(3)17-18(5)12(13)4/h6-7,10H,8-9H2,1-5H3,(H,15,16). The number of imidazole rings is 1. The van der Waals surface area contributed by atoms with Crippen molar-refractivity contribution in [3.05, 3.63) is 29.3 Å². The lowest BCUT2D eigenvalue weighted by Crippen LogP contribution is -2.11. The van der Waals surface area contributed by atoms with Crippen LogP contribution in [-0.2, 0) is 20.1 Å². The van der Waals surface area contributed by atoms with Crippen molar-refractivity contribution in [3.63, 3.8) is 0 Å². The summed E-state index contributed by atoms with van der Waals surface area (Å²) < 4.78 is 4.08. The van der Waals surface area contributed by atoms with Gasteiger partial charge in [0, 0.05) is 43.8 Å². The van der Waals surface area contributed by atoms with E-state index < -0.39 is 0 Å². The lowest BCUT2D eigenvalue weighted by Gasteiger charge is -2.12. The van der Waals surface area contributed by atoms with Crippen molar-refractivity contribution >= 4 is 5.95 Å². The van der Waals surface area contributed by atoms with E-state index in [-0.39, 0.29) is 0 Å². The Morgan fingerprint density at radius 1 is 1.32 bits per heavy atom. The highest BCUT2D eigenvalue weighted by atomic mass is 15.3. The summed E-state index contributed by atoms with van der Waals surface area (Å²) in [5, 5.41) is 7.84. The third kappa shape index (κ3) is 2.97. The van der Waals surface area contributed by atoms with Crippen LogP contribution in [0.2, 0.25) is 0 Å². The number of hydrogen-bond acceptors (Lipinski definition) is 3. The predicted molar refractivity (Wildman–Crippen MR) is 77.1 cm³/mol. The molecule has 2 aromatic heterocycles. The van der Waals surface area contributed by atoms with E-state index in [1.165, 1.54) is 11.3 Å². The number of anilines is 1. The molecule has 0 spiro atoms. The maximum Gasteiger partial charge on any atom is 0.203 e. The number of rotatable bonds is 5. The summed E-state index contributed by atoms with van der Waals surface area (Å²) in [6.07, 6.45) is 3.86. The van der Waals surface area contributed by atoms with Gasteiger partial charge in [0.25, 0.3) is 0 Å². The molecule has 0 amide bonds. The summed E-state index contributed by atoms with van der Waals surface area (Å²) in [5.41, 5.74) is 3.53. The second kappa shape index (κ2) is 5.47. The number of hydrogen-bond donors (Lipinski definition) is 1. The van der Waals surface area contributed by atoms with E-state index >= 15 is 0 Å². The first-order valence-electron chi connectivity index (χ1n) is 6.73. The minimum atomic E-state index is 0.608. The zero-order valence-electron chi connectivity index (χ0n) is 12.4. The van der Waals surface area contributed by atoms with Gasteiger partial charge in [-0.3, -0.25) is 4.68 Å². The van der Waals surface area contributed by atoms with E-state index in [0.717, 1.165) is 24.7 Å². The van der Waals surface area contributed by atoms with Crippen LogP contribution >= 0.6 is 0 Å². The zero-order valence-corrected chi connectivity index (χ0v) is 12.4. The Balaban J connectivity index is 2.08. The topological polar surface area (TPSA) is 47.7 Å². The van der Waals surface area contributed by atoms with Gasteiger partial charge >= 0.3 is 0 Å². The van der Waals surface area contributed by atoms with Crippen LogP contribution in [0, 0.1) is 19.8 Å². The molecule has 0 aliphatic carbocycles. The predicted octanol–water partition coefficient (Wildman–Crippen LogP) is 2.50. The Bertz CT molecular complexity index is 550. The molecule has 0 saturated heterocycles. The maximum atomic E-state index is 4.43. The molecule has 0 aromatic carbocycles. The average molecular weight is 261 g/mol. The average Bonchev–Trinajstić information content (AvgIpc) is 2.84. The van der Waals surface area contributed by atoms with Crippen LogP contribution in [-0.4, -0.2) is 19.3 Å². The molecule has 0 radical (unpaired) electrons. The van der Waals surface area contributed by atoms with Crippen LogP contribution in [0.25, 0.3) is 0 Å². The lowest BCUT2D eigenvalue weighted by molar-refractivity contribution is 0.526. The third-order valence-electron chi connectivity index (χ3n) is 3.36. The minimum Gasteiger partial charge on any atom is -0.351 e. The van der Waals surface area contributed by atoms with Crippen molar-refractivity contribution in [2.75, 3.05) is 5.32 Å². The summed E-state index contributed by atoms with van der Waals surface area (Å²) in [4.78, 5) is 4.38. The van der Waals surface area contributed by atoms with E-state index in [1.54, 1.807) is 0 Å². The van der Waals surface area contributed by atoms with E-state index in [0.29, 0.717) is 5.92 Å². The molecule has 0 atom stereocenters. The molecule has 2 heterocycles. The molecule has 0 fully saturated rings. The highest BCUT2D eigenvalue weighted by Crippen LogP contribution is 2.15. The molecule has 104 valence electrons. The van der Waals surface area contributed by atoms with Gasteiger partial charge in [-0.1, -0.05) is 13.8 Å². The molecule has 0 aliphatic heterocycles. The third-order valence-corrected chi connectivity index (χ3v) is 3.36. The smallest absolute Gasteiger partial charge is 0.203 e. The van der Waals surface area contributed by atoms with Gasteiger partial charge in [0.05, 0.1) is 5.69 Å². The number of nitrogens with one attached hydrogen (secondary N) is 1. The maximum absolute atomic E-state index is 4.43. The van der Waals surface area contributed by atoms with Crippen molar-refractivity contribution in [2.24, 2.45) is 13.0 Å². The van der Waals surface area contributed by atoms with Crippen LogP contribution in [0.3, 0.4) is 0 Å². The molecular formula is C14H23N5. The fraction of sp³-hybridized carbons (Fsp3) is 0.571. The highest BCUT2D eigenvalue weighted by Gasteiger charge is 2.10. The largest absolute Gasteiger partial charge is 0.351 e. The van der Waals surface area contributed by atoms with E-state index in [2.05, 4.69) is 40.7 Å². The number of aromatic nitrogens is 4. The highest BCUT2D eigenvalue weighted by molar-refractivity contribution is 5.32. The summed E-state index contributed by atoms with van der Waals surface area (Å²) >= 11 is 0. The lowest BCUT2D eigenvalue weighted by atomic mass is 10.2. The van der Waals surface area contributed by atoms with Crippen LogP contribution in [0.5, 0.6) is 0 Å². The van der Waals surface area contributed by atoms with E-state index in [4.69, 9.17) is 0 Å². The minimum absolute atomic E-state index is 0.608. The van der Waals surface area contributed by atoms with Crippen molar-refractivity contribution in [2.45, 2.75) is 40.8 Å². The molecule has 19 heavy (non-hydrogen) atoms. The normalized spacial score (nSPS) is 11.3. The van der Waals surface area contributed by atoms with Gasteiger partial charge in [-0.15, -0.1) is 0 Å². The summed E-state index contributed by atoms with van der Waals surface area (Å²) in [5.74, 6) is 1.54. The first-order chi connectivity index (χ1) is 8.99. The SMILES string of the molecule is Cc1nn(C)c(C)c1CNc1nccn1CC(C)C. The van der Waals surface area contributed by atoms with Crippen LogP contribution in [0.15, 0.2) is 12.4 Å². The molecule has 5 nitrogen and oxygen atoms in total. The van der Waals surface area contributed by atoms with Gasteiger partial charge in [-0.05, 0) is 19.8 Å². The molecule has 0 bridgehead atoms. The molecule has 0 saturated carbocycles. The Morgan fingerprint density at radius 2 is 2.05 bits per heavy atom.